The second kappa shape index (κ2) is 8.84. The Morgan fingerprint density at radius 2 is 1.79 bits per heavy atom. The van der Waals surface area contributed by atoms with Crippen LogP contribution in [0.15, 0.2) is 54.7 Å². The molecule has 1 unspecified atom stereocenters. The molecule has 2 aromatic carbocycles. The maximum absolute atomic E-state index is 11.3. The molecule has 1 aromatic heterocycles. The molecule has 1 atom stereocenters. The maximum atomic E-state index is 11.3. The highest BCUT2D eigenvalue weighted by atomic mass is 35.5. The molecule has 2 aliphatic heterocycles. The van der Waals surface area contributed by atoms with Crippen molar-refractivity contribution in [1.82, 2.24) is 9.97 Å². The van der Waals surface area contributed by atoms with Gasteiger partial charge in [0, 0.05) is 43.5 Å². The molecule has 0 saturated carbocycles. The van der Waals surface area contributed by atoms with Gasteiger partial charge >= 0.3 is 0 Å². The fraction of sp³-hybridized carbons (Fsp3) is 0.385. The minimum atomic E-state index is -0.814. The number of halogens is 1. The third-order valence-corrected chi connectivity index (χ3v) is 7.21. The van der Waals surface area contributed by atoms with E-state index >= 15 is 0 Å². The quantitative estimate of drug-likeness (QED) is 0.572. The predicted molar refractivity (Wildman–Crippen MR) is 134 cm³/mol. The van der Waals surface area contributed by atoms with Crippen LogP contribution in [0.3, 0.4) is 0 Å². The summed E-state index contributed by atoms with van der Waals surface area (Å²) in [5.41, 5.74) is 3.54. The smallest absolute Gasteiger partial charge is 0.137 e. The number of aryl methyl sites for hydroxylation is 1. The molecule has 6 nitrogen and oxygen atoms in total. The number of anilines is 3. The first-order valence-electron chi connectivity index (χ1n) is 11.6. The van der Waals surface area contributed by atoms with Crippen LogP contribution in [0.25, 0.3) is 0 Å². The van der Waals surface area contributed by atoms with Crippen molar-refractivity contribution < 1.29 is 5.11 Å². The zero-order valence-corrected chi connectivity index (χ0v) is 19.9. The molecule has 0 aliphatic carbocycles. The van der Waals surface area contributed by atoms with Crippen LogP contribution in [0.2, 0.25) is 5.02 Å². The minimum Gasteiger partial charge on any atom is -0.385 e. The lowest BCUT2D eigenvalue weighted by Crippen LogP contribution is -2.43. The third-order valence-electron chi connectivity index (χ3n) is 6.95. The molecule has 0 amide bonds. The van der Waals surface area contributed by atoms with Crippen LogP contribution in [0, 0.1) is 6.92 Å². The Kier molecular flexibility index (Phi) is 5.89. The molecule has 1 saturated heterocycles. The molecule has 3 heterocycles. The number of aromatic nitrogens is 2. The van der Waals surface area contributed by atoms with E-state index in [0.717, 1.165) is 54.5 Å². The third kappa shape index (κ3) is 4.37. The number of nitrogens with one attached hydrogen (secondary N) is 1. The number of nitrogens with zero attached hydrogens (tertiary/aromatic N) is 4. The first kappa shape index (κ1) is 22.0. The topological polar surface area (TPSA) is 64.5 Å². The summed E-state index contributed by atoms with van der Waals surface area (Å²) in [5.74, 6) is 1.80. The highest BCUT2D eigenvalue weighted by Gasteiger charge is 2.35. The molecule has 0 bridgehead atoms. The first-order valence-corrected chi connectivity index (χ1v) is 11.9. The van der Waals surface area contributed by atoms with Crippen molar-refractivity contribution in [2.24, 2.45) is 0 Å². The highest BCUT2D eigenvalue weighted by Crippen LogP contribution is 2.39. The van der Waals surface area contributed by atoms with E-state index in [1.807, 2.05) is 37.4 Å². The van der Waals surface area contributed by atoms with E-state index in [2.05, 4.69) is 56.4 Å². The number of fused-ring (bicyclic) bond motifs is 1. The van der Waals surface area contributed by atoms with E-state index in [1.54, 1.807) is 0 Å². The van der Waals surface area contributed by atoms with Crippen molar-refractivity contribution >= 4 is 28.8 Å². The van der Waals surface area contributed by atoms with Crippen molar-refractivity contribution in [3.63, 3.8) is 0 Å². The van der Waals surface area contributed by atoms with Crippen LogP contribution in [-0.2, 0) is 5.60 Å². The minimum absolute atomic E-state index is 0.161. The monoisotopic (exact) mass is 463 g/mol. The van der Waals surface area contributed by atoms with Gasteiger partial charge in [-0.05, 0) is 56.0 Å². The Morgan fingerprint density at radius 1 is 1.06 bits per heavy atom. The van der Waals surface area contributed by atoms with E-state index in [0.29, 0.717) is 17.9 Å². The average Bonchev–Trinajstić information content (AvgIpc) is 2.82. The molecule has 172 valence electrons. The summed E-state index contributed by atoms with van der Waals surface area (Å²) in [6, 6.07) is 16.2. The van der Waals surface area contributed by atoms with Crippen molar-refractivity contribution in [1.29, 1.82) is 0 Å². The van der Waals surface area contributed by atoms with Crippen molar-refractivity contribution in [3.8, 4) is 0 Å². The second-order valence-electron chi connectivity index (χ2n) is 9.15. The Hall–Kier alpha value is -2.83. The van der Waals surface area contributed by atoms with Crippen molar-refractivity contribution in [2.75, 3.05) is 41.8 Å². The second-order valence-corrected chi connectivity index (χ2v) is 9.58. The van der Waals surface area contributed by atoms with Gasteiger partial charge in [0.2, 0.25) is 0 Å². The zero-order valence-electron chi connectivity index (χ0n) is 19.1. The summed E-state index contributed by atoms with van der Waals surface area (Å²) in [5, 5.41) is 15.7. The number of piperidine rings is 1. The van der Waals surface area contributed by atoms with E-state index in [4.69, 9.17) is 11.6 Å². The van der Waals surface area contributed by atoms with Gasteiger partial charge in [0.05, 0.1) is 23.0 Å². The summed E-state index contributed by atoms with van der Waals surface area (Å²) in [6.07, 6.45) is 4.29. The number of benzene rings is 2. The van der Waals surface area contributed by atoms with E-state index in [-0.39, 0.29) is 6.04 Å². The van der Waals surface area contributed by atoms with Gasteiger partial charge in [-0.25, -0.2) is 9.97 Å². The van der Waals surface area contributed by atoms with Crippen LogP contribution in [-0.4, -0.2) is 41.8 Å². The molecule has 33 heavy (non-hydrogen) atoms. The average molecular weight is 464 g/mol. The molecule has 0 spiro atoms. The molecule has 0 radical (unpaired) electrons. The van der Waals surface area contributed by atoms with Gasteiger partial charge in [0.1, 0.15) is 11.6 Å². The lowest BCUT2D eigenvalue weighted by molar-refractivity contribution is 0.0118. The molecular weight excluding hydrogens is 434 g/mol. The molecule has 7 heteroatoms. The lowest BCUT2D eigenvalue weighted by atomic mass is 9.84. The van der Waals surface area contributed by atoms with Gasteiger partial charge in [-0.2, -0.15) is 0 Å². The number of para-hydroxylation sites is 2. The number of aliphatic hydroxyl groups is 1. The summed E-state index contributed by atoms with van der Waals surface area (Å²) in [7, 11) is 2.09. The molecule has 1 fully saturated rings. The van der Waals surface area contributed by atoms with E-state index in [1.165, 1.54) is 5.69 Å². The van der Waals surface area contributed by atoms with Gasteiger partial charge in [-0.1, -0.05) is 35.9 Å². The Bertz CT molecular complexity index is 1130. The largest absolute Gasteiger partial charge is 0.385 e. The van der Waals surface area contributed by atoms with Crippen LogP contribution in [0.5, 0.6) is 0 Å². The molecule has 5 rings (SSSR count). The molecule has 3 aromatic rings. The SMILES string of the molecule is Cc1ncc2c(n1)N(C)CCC2Nc1ccccc1N1CCC(O)(c2ccc(Cl)cc2)CC1. The fourth-order valence-electron chi connectivity index (χ4n) is 4.98. The highest BCUT2D eigenvalue weighted by molar-refractivity contribution is 6.30. The van der Waals surface area contributed by atoms with Gasteiger partial charge in [-0.3, -0.25) is 0 Å². The normalized spacial score (nSPS) is 19.8. The number of rotatable bonds is 4. The number of hydrogen-bond acceptors (Lipinski definition) is 6. The maximum Gasteiger partial charge on any atom is 0.137 e. The van der Waals surface area contributed by atoms with Gasteiger partial charge < -0.3 is 20.2 Å². The summed E-state index contributed by atoms with van der Waals surface area (Å²) in [6.45, 7) is 4.44. The molecule has 2 aliphatic rings. The Labute approximate surface area is 200 Å². The Morgan fingerprint density at radius 3 is 2.55 bits per heavy atom. The van der Waals surface area contributed by atoms with Gasteiger partial charge in [-0.15, -0.1) is 0 Å². The molecule has 2 N–H and O–H groups in total. The van der Waals surface area contributed by atoms with E-state index in [9.17, 15) is 5.11 Å². The standard InChI is InChI=1S/C26H30ClN5O/c1-18-28-17-21-22(11-14-31(2)25(21)29-18)30-23-5-3-4-6-24(23)32-15-12-26(33,13-16-32)19-7-9-20(27)10-8-19/h3-10,17,22,30,33H,11-16H2,1-2H3. The summed E-state index contributed by atoms with van der Waals surface area (Å²) < 4.78 is 0. The van der Waals surface area contributed by atoms with Crippen molar-refractivity contribution in [2.45, 2.75) is 37.8 Å². The fourth-order valence-corrected chi connectivity index (χ4v) is 5.10. The van der Waals surface area contributed by atoms with Crippen LogP contribution in [0.1, 0.15) is 42.3 Å². The molecular formula is C26H30ClN5O. The zero-order chi connectivity index (χ0) is 23.0. The van der Waals surface area contributed by atoms with E-state index < -0.39 is 5.60 Å². The van der Waals surface area contributed by atoms with Gasteiger partial charge in [0.15, 0.2) is 0 Å². The van der Waals surface area contributed by atoms with Crippen LogP contribution in [0.4, 0.5) is 17.2 Å². The van der Waals surface area contributed by atoms with Crippen LogP contribution >= 0.6 is 11.6 Å². The summed E-state index contributed by atoms with van der Waals surface area (Å²) in [4.78, 5) is 13.7. The van der Waals surface area contributed by atoms with Crippen LogP contribution < -0.4 is 15.1 Å². The predicted octanol–water partition coefficient (Wildman–Crippen LogP) is 4.92. The lowest BCUT2D eigenvalue weighted by Gasteiger charge is -2.41. The first-order chi connectivity index (χ1) is 15.9. The summed E-state index contributed by atoms with van der Waals surface area (Å²) >= 11 is 6.04. The number of hydrogen-bond donors (Lipinski definition) is 2. The van der Waals surface area contributed by atoms with Crippen molar-refractivity contribution in [3.05, 3.63) is 76.7 Å². The Balaban J connectivity index is 1.35. The van der Waals surface area contributed by atoms with Gasteiger partial charge in [0.25, 0.3) is 0 Å².